The van der Waals surface area contributed by atoms with E-state index in [9.17, 15) is 14.0 Å². The highest BCUT2D eigenvalue weighted by Gasteiger charge is 2.38. The van der Waals surface area contributed by atoms with Crippen molar-refractivity contribution in [3.8, 4) is 0 Å². The molecule has 0 radical (unpaired) electrons. The van der Waals surface area contributed by atoms with Crippen LogP contribution in [0.1, 0.15) is 34.3 Å². The Labute approximate surface area is 224 Å². The number of likely N-dealkylation sites (tertiary alicyclic amines) is 1. The van der Waals surface area contributed by atoms with E-state index >= 15 is 0 Å². The highest BCUT2D eigenvalue weighted by atomic mass is 19.1. The van der Waals surface area contributed by atoms with Crippen LogP contribution in [0.4, 0.5) is 4.39 Å². The molecule has 2 heterocycles. The number of nitrogens with zero attached hydrogens (tertiary/aromatic N) is 3. The largest absolute Gasteiger partial charge is 0.379 e. The number of carbonyl (C=O) groups is 2. The van der Waals surface area contributed by atoms with Crippen LogP contribution >= 0.6 is 0 Å². The number of hydrogen-bond acceptors (Lipinski definition) is 6. The van der Waals surface area contributed by atoms with Crippen LogP contribution in [0, 0.1) is 12.7 Å². The quantitative estimate of drug-likeness (QED) is 0.493. The number of aryl methyl sites for hydroxylation is 1. The van der Waals surface area contributed by atoms with Crippen molar-refractivity contribution in [3.05, 3.63) is 71.0 Å². The first kappa shape index (κ1) is 28.2. The molecule has 9 heteroatoms. The van der Waals surface area contributed by atoms with E-state index in [1.54, 1.807) is 4.90 Å². The van der Waals surface area contributed by atoms with Crippen LogP contribution in [0.3, 0.4) is 0 Å². The van der Waals surface area contributed by atoms with E-state index in [4.69, 9.17) is 10.5 Å². The molecule has 0 saturated carbocycles. The number of halogens is 1. The van der Waals surface area contributed by atoms with Gasteiger partial charge >= 0.3 is 0 Å². The third-order valence-corrected chi connectivity index (χ3v) is 7.50. The van der Waals surface area contributed by atoms with Crippen LogP contribution < -0.4 is 11.1 Å². The van der Waals surface area contributed by atoms with Crippen LogP contribution in [0.15, 0.2) is 48.5 Å². The lowest BCUT2D eigenvalue weighted by molar-refractivity contribution is -0.127. The van der Waals surface area contributed by atoms with Gasteiger partial charge in [-0.2, -0.15) is 0 Å². The summed E-state index contributed by atoms with van der Waals surface area (Å²) < 4.78 is 19.0. The molecule has 0 aromatic heterocycles. The first-order chi connectivity index (χ1) is 18.4. The van der Waals surface area contributed by atoms with Gasteiger partial charge in [0.05, 0.1) is 13.2 Å². The predicted molar refractivity (Wildman–Crippen MR) is 145 cm³/mol. The van der Waals surface area contributed by atoms with Crippen LogP contribution in [-0.2, 0) is 16.1 Å². The standard InChI is InChI=1S/C29H40FN5O3/c1-22-2-4-23(5-3-22)21-34(15-14-33-16-18-38-19-17-33)26-10-13-35(27(20-26)28(36)32-12-11-31)29(37)24-6-8-25(30)9-7-24/h2-9,26-27H,10-21,31H2,1H3,(H,32,36)/t26?,27-/m1/s1. The molecule has 2 fully saturated rings. The molecule has 2 amide bonds. The summed E-state index contributed by atoms with van der Waals surface area (Å²) in [7, 11) is 0. The normalized spacial score (nSPS) is 20.5. The van der Waals surface area contributed by atoms with Crippen LogP contribution in [0.5, 0.6) is 0 Å². The Morgan fingerprint density at radius 2 is 1.79 bits per heavy atom. The monoisotopic (exact) mass is 525 g/mol. The summed E-state index contributed by atoms with van der Waals surface area (Å²) >= 11 is 0. The summed E-state index contributed by atoms with van der Waals surface area (Å²) in [6, 6.07) is 13.6. The van der Waals surface area contributed by atoms with E-state index in [1.807, 2.05) is 0 Å². The van der Waals surface area contributed by atoms with Crippen LogP contribution in [0.2, 0.25) is 0 Å². The number of ether oxygens (including phenoxy) is 1. The van der Waals surface area contributed by atoms with Crippen molar-refractivity contribution in [2.75, 3.05) is 59.0 Å². The summed E-state index contributed by atoms with van der Waals surface area (Å²) in [5.41, 5.74) is 8.46. The van der Waals surface area contributed by atoms with Crippen molar-refractivity contribution in [3.63, 3.8) is 0 Å². The van der Waals surface area contributed by atoms with E-state index in [1.165, 1.54) is 35.4 Å². The number of morpholine rings is 1. The minimum atomic E-state index is -0.623. The number of carbonyl (C=O) groups excluding carboxylic acids is 2. The van der Waals surface area contributed by atoms with Gasteiger partial charge in [0.2, 0.25) is 5.91 Å². The number of nitrogens with two attached hydrogens (primary N) is 1. The van der Waals surface area contributed by atoms with E-state index in [2.05, 4.69) is 46.3 Å². The molecule has 2 atom stereocenters. The van der Waals surface area contributed by atoms with Crippen LogP contribution in [-0.4, -0.2) is 97.6 Å². The number of hydrogen-bond donors (Lipinski definition) is 2. The Morgan fingerprint density at radius 1 is 1.08 bits per heavy atom. The smallest absolute Gasteiger partial charge is 0.254 e. The maximum absolute atomic E-state index is 13.5. The van der Waals surface area contributed by atoms with Crippen molar-refractivity contribution < 1.29 is 18.7 Å². The number of benzene rings is 2. The molecule has 3 N–H and O–H groups in total. The van der Waals surface area contributed by atoms with Gasteiger partial charge in [-0.05, 0) is 49.6 Å². The fourth-order valence-corrected chi connectivity index (χ4v) is 5.25. The fourth-order valence-electron chi connectivity index (χ4n) is 5.25. The minimum absolute atomic E-state index is 0.128. The molecule has 0 spiro atoms. The number of rotatable bonds is 10. The van der Waals surface area contributed by atoms with Gasteiger partial charge in [-0.25, -0.2) is 4.39 Å². The molecule has 8 nitrogen and oxygen atoms in total. The van der Waals surface area contributed by atoms with Gasteiger partial charge in [0.25, 0.3) is 5.91 Å². The first-order valence-electron chi connectivity index (χ1n) is 13.6. The van der Waals surface area contributed by atoms with Crippen molar-refractivity contribution >= 4 is 11.8 Å². The zero-order chi connectivity index (χ0) is 26.9. The summed E-state index contributed by atoms with van der Waals surface area (Å²) in [5, 5.41) is 2.89. The van der Waals surface area contributed by atoms with Gasteiger partial charge in [-0.15, -0.1) is 0 Å². The lowest BCUT2D eigenvalue weighted by atomic mass is 9.93. The molecular weight excluding hydrogens is 485 g/mol. The van der Waals surface area contributed by atoms with Gasteiger partial charge in [0.15, 0.2) is 0 Å². The third-order valence-electron chi connectivity index (χ3n) is 7.50. The third kappa shape index (κ3) is 7.60. The van der Waals surface area contributed by atoms with Crippen molar-refractivity contribution in [1.82, 2.24) is 20.0 Å². The maximum atomic E-state index is 13.5. The second-order valence-corrected chi connectivity index (χ2v) is 10.2. The molecule has 2 aromatic rings. The van der Waals surface area contributed by atoms with Gasteiger partial charge in [0, 0.05) is 64.0 Å². The first-order valence-corrected chi connectivity index (χ1v) is 13.6. The Kier molecular flexibility index (Phi) is 10.2. The summed E-state index contributed by atoms with van der Waals surface area (Å²) in [5.74, 6) is -0.849. The summed E-state index contributed by atoms with van der Waals surface area (Å²) in [4.78, 5) is 33.2. The average molecular weight is 526 g/mol. The van der Waals surface area contributed by atoms with Gasteiger partial charge in [-0.1, -0.05) is 29.8 Å². The van der Waals surface area contributed by atoms with Crippen molar-refractivity contribution in [1.29, 1.82) is 0 Å². The fraction of sp³-hybridized carbons (Fsp3) is 0.517. The lowest BCUT2D eigenvalue weighted by Gasteiger charge is -2.43. The Morgan fingerprint density at radius 3 is 2.47 bits per heavy atom. The van der Waals surface area contributed by atoms with E-state index in [-0.39, 0.29) is 17.9 Å². The Hall–Kier alpha value is -2.85. The highest BCUT2D eigenvalue weighted by molar-refractivity contribution is 5.97. The molecule has 2 aliphatic heterocycles. The zero-order valence-electron chi connectivity index (χ0n) is 22.3. The van der Waals surface area contributed by atoms with Crippen molar-refractivity contribution in [2.45, 2.75) is 38.4 Å². The molecule has 2 aromatic carbocycles. The van der Waals surface area contributed by atoms with E-state index in [0.29, 0.717) is 31.6 Å². The molecule has 206 valence electrons. The maximum Gasteiger partial charge on any atom is 0.254 e. The minimum Gasteiger partial charge on any atom is -0.379 e. The van der Waals surface area contributed by atoms with Gasteiger partial charge in [-0.3, -0.25) is 19.4 Å². The molecule has 0 bridgehead atoms. The van der Waals surface area contributed by atoms with Crippen LogP contribution in [0.25, 0.3) is 0 Å². The van der Waals surface area contributed by atoms with E-state index < -0.39 is 11.9 Å². The Balaban J connectivity index is 1.52. The average Bonchev–Trinajstić information content (AvgIpc) is 2.95. The second kappa shape index (κ2) is 13.8. The number of amides is 2. The topological polar surface area (TPSA) is 91.1 Å². The van der Waals surface area contributed by atoms with Crippen molar-refractivity contribution in [2.24, 2.45) is 5.73 Å². The molecule has 4 rings (SSSR count). The molecule has 38 heavy (non-hydrogen) atoms. The summed E-state index contributed by atoms with van der Waals surface area (Å²) in [6.45, 7) is 9.13. The lowest BCUT2D eigenvalue weighted by Crippen LogP contribution is -2.58. The predicted octanol–water partition coefficient (Wildman–Crippen LogP) is 2.02. The number of nitrogens with one attached hydrogen (secondary N) is 1. The highest BCUT2D eigenvalue weighted by Crippen LogP contribution is 2.26. The van der Waals surface area contributed by atoms with Gasteiger partial charge < -0.3 is 20.7 Å². The van der Waals surface area contributed by atoms with Gasteiger partial charge in [0.1, 0.15) is 11.9 Å². The molecule has 2 saturated heterocycles. The zero-order valence-corrected chi connectivity index (χ0v) is 22.3. The SMILES string of the molecule is Cc1ccc(CN(CCN2CCOCC2)C2CCN(C(=O)c3ccc(F)cc3)[C@@H](C(=O)NCCN)C2)cc1. The molecule has 0 aliphatic carbocycles. The second-order valence-electron chi connectivity index (χ2n) is 10.2. The molecule has 1 unspecified atom stereocenters. The molecule has 2 aliphatic rings. The molecular formula is C29H40FN5O3. The van der Waals surface area contributed by atoms with E-state index in [0.717, 1.165) is 52.4 Å². The number of piperidine rings is 1. The summed E-state index contributed by atoms with van der Waals surface area (Å²) in [6.07, 6.45) is 1.28. The Bertz CT molecular complexity index is 1040.